The molecule has 0 bridgehead atoms. The standard InChI is InChI=1S/C19H16N4O2/c20-18(24)16-15-11-10-12-6-4-5-9-14(12)17(15)23(21-16)22-19(25)13-7-2-1-3-8-13/h1-9H,10-11H2,(H2,20,24)(H,22,25). The van der Waals surface area contributed by atoms with E-state index in [9.17, 15) is 9.59 Å². The fourth-order valence-electron chi connectivity index (χ4n) is 3.22. The molecule has 124 valence electrons. The van der Waals surface area contributed by atoms with Gasteiger partial charge < -0.3 is 5.73 Å². The van der Waals surface area contributed by atoms with Crippen molar-refractivity contribution in [1.29, 1.82) is 0 Å². The molecule has 0 unspecified atom stereocenters. The highest BCUT2D eigenvalue weighted by Gasteiger charge is 2.28. The number of nitrogens with zero attached hydrogens (tertiary/aromatic N) is 2. The Hall–Kier alpha value is -3.41. The third-order valence-corrected chi connectivity index (χ3v) is 4.38. The molecule has 0 fully saturated rings. The Morgan fingerprint density at radius 1 is 1.00 bits per heavy atom. The normalized spacial score (nSPS) is 12.2. The van der Waals surface area contributed by atoms with Crippen LogP contribution in [-0.4, -0.2) is 21.7 Å². The summed E-state index contributed by atoms with van der Waals surface area (Å²) in [6, 6.07) is 16.8. The van der Waals surface area contributed by atoms with Gasteiger partial charge in [0.1, 0.15) is 0 Å². The van der Waals surface area contributed by atoms with E-state index in [1.54, 1.807) is 24.3 Å². The first-order valence-corrected chi connectivity index (χ1v) is 8.01. The lowest BCUT2D eigenvalue weighted by atomic mass is 9.89. The van der Waals surface area contributed by atoms with Crippen LogP contribution in [0.25, 0.3) is 11.3 Å². The molecule has 6 nitrogen and oxygen atoms in total. The maximum absolute atomic E-state index is 12.5. The fraction of sp³-hybridized carbons (Fsp3) is 0.105. The number of benzene rings is 2. The van der Waals surface area contributed by atoms with Crippen molar-refractivity contribution in [2.75, 3.05) is 5.43 Å². The van der Waals surface area contributed by atoms with Crippen LogP contribution in [0.4, 0.5) is 0 Å². The van der Waals surface area contributed by atoms with Crippen LogP contribution >= 0.6 is 0 Å². The van der Waals surface area contributed by atoms with Gasteiger partial charge in [0.05, 0.1) is 5.69 Å². The van der Waals surface area contributed by atoms with Gasteiger partial charge in [0.15, 0.2) is 5.69 Å². The number of carbonyl (C=O) groups is 2. The third kappa shape index (κ3) is 2.57. The second kappa shape index (κ2) is 5.90. The van der Waals surface area contributed by atoms with Crippen molar-refractivity contribution >= 4 is 11.8 Å². The average Bonchev–Trinajstić information content (AvgIpc) is 3.01. The van der Waals surface area contributed by atoms with Crippen LogP contribution in [0, 0.1) is 0 Å². The van der Waals surface area contributed by atoms with Crippen LogP contribution in [0.3, 0.4) is 0 Å². The van der Waals surface area contributed by atoms with Crippen molar-refractivity contribution in [2.24, 2.45) is 5.73 Å². The smallest absolute Gasteiger partial charge is 0.271 e. The first-order chi connectivity index (χ1) is 12.1. The van der Waals surface area contributed by atoms with Crippen molar-refractivity contribution in [3.05, 3.63) is 77.0 Å². The van der Waals surface area contributed by atoms with Gasteiger partial charge in [-0.1, -0.05) is 42.5 Å². The van der Waals surface area contributed by atoms with E-state index in [1.165, 1.54) is 4.79 Å². The predicted molar refractivity (Wildman–Crippen MR) is 93.7 cm³/mol. The summed E-state index contributed by atoms with van der Waals surface area (Å²) in [5, 5.41) is 4.27. The highest BCUT2D eigenvalue weighted by Crippen LogP contribution is 2.34. The lowest BCUT2D eigenvalue weighted by Crippen LogP contribution is -2.25. The van der Waals surface area contributed by atoms with E-state index < -0.39 is 5.91 Å². The second-order valence-electron chi connectivity index (χ2n) is 5.92. The number of aromatic nitrogens is 2. The number of carbonyl (C=O) groups excluding carboxylic acids is 2. The SMILES string of the molecule is NC(=O)c1nn(NC(=O)c2ccccc2)c2c1CCc1ccccc1-2. The largest absolute Gasteiger partial charge is 0.364 e. The minimum Gasteiger partial charge on any atom is -0.364 e. The zero-order valence-corrected chi connectivity index (χ0v) is 13.4. The Labute approximate surface area is 144 Å². The van der Waals surface area contributed by atoms with Gasteiger partial charge in [-0.05, 0) is 30.5 Å². The molecule has 4 rings (SSSR count). The van der Waals surface area contributed by atoms with Gasteiger partial charge in [-0.25, -0.2) is 5.43 Å². The number of hydrogen-bond donors (Lipinski definition) is 2. The fourth-order valence-corrected chi connectivity index (χ4v) is 3.22. The number of primary amides is 1. The van der Waals surface area contributed by atoms with E-state index >= 15 is 0 Å². The van der Waals surface area contributed by atoms with Crippen LogP contribution in [0.1, 0.15) is 32.0 Å². The predicted octanol–water partition coefficient (Wildman–Crippen LogP) is 2.13. The second-order valence-corrected chi connectivity index (χ2v) is 5.92. The third-order valence-electron chi connectivity index (χ3n) is 4.38. The Morgan fingerprint density at radius 2 is 1.72 bits per heavy atom. The lowest BCUT2D eigenvalue weighted by Gasteiger charge is -2.18. The Morgan fingerprint density at radius 3 is 2.48 bits per heavy atom. The van der Waals surface area contributed by atoms with E-state index in [4.69, 9.17) is 5.73 Å². The van der Waals surface area contributed by atoms with Gasteiger partial charge in [0.25, 0.3) is 11.8 Å². The molecular formula is C19H16N4O2. The van der Waals surface area contributed by atoms with Gasteiger partial charge >= 0.3 is 0 Å². The number of amides is 2. The monoisotopic (exact) mass is 332 g/mol. The quantitative estimate of drug-likeness (QED) is 0.770. The molecule has 25 heavy (non-hydrogen) atoms. The van der Waals surface area contributed by atoms with Gasteiger partial charge in [-0.15, -0.1) is 5.10 Å². The Kier molecular flexibility index (Phi) is 3.57. The molecule has 6 heteroatoms. The van der Waals surface area contributed by atoms with Crippen LogP contribution in [0.15, 0.2) is 54.6 Å². The molecule has 0 saturated heterocycles. The number of hydrogen-bond acceptors (Lipinski definition) is 3. The molecule has 2 aromatic carbocycles. The topological polar surface area (TPSA) is 90.0 Å². The first kappa shape index (κ1) is 15.1. The lowest BCUT2D eigenvalue weighted by molar-refractivity contribution is 0.0983. The molecule has 3 aromatic rings. The molecule has 0 spiro atoms. The van der Waals surface area contributed by atoms with E-state index in [0.29, 0.717) is 12.0 Å². The number of aryl methyl sites for hydroxylation is 1. The number of rotatable bonds is 3. The minimum absolute atomic E-state index is 0.206. The first-order valence-electron chi connectivity index (χ1n) is 8.01. The molecular weight excluding hydrogens is 316 g/mol. The van der Waals surface area contributed by atoms with Crippen molar-refractivity contribution in [3.63, 3.8) is 0 Å². The maximum atomic E-state index is 12.5. The van der Waals surface area contributed by atoms with Crippen molar-refractivity contribution in [1.82, 2.24) is 9.89 Å². The molecule has 0 radical (unpaired) electrons. The summed E-state index contributed by atoms with van der Waals surface area (Å²) in [5.74, 6) is -0.895. The molecule has 0 saturated carbocycles. The molecule has 0 aliphatic heterocycles. The van der Waals surface area contributed by atoms with Gasteiger partial charge in [-0.3, -0.25) is 9.59 Å². The van der Waals surface area contributed by atoms with E-state index in [-0.39, 0.29) is 11.6 Å². The van der Waals surface area contributed by atoms with Crippen molar-refractivity contribution in [2.45, 2.75) is 12.8 Å². The van der Waals surface area contributed by atoms with Crippen molar-refractivity contribution < 1.29 is 9.59 Å². The summed E-state index contributed by atoms with van der Waals surface area (Å²) < 4.78 is 0. The molecule has 1 heterocycles. The van der Waals surface area contributed by atoms with Gasteiger partial charge in [-0.2, -0.15) is 4.79 Å². The minimum atomic E-state index is -0.594. The van der Waals surface area contributed by atoms with Gasteiger partial charge in [0, 0.05) is 16.7 Å². The summed E-state index contributed by atoms with van der Waals surface area (Å²) in [4.78, 5) is 25.7. The molecule has 3 N–H and O–H groups in total. The highest BCUT2D eigenvalue weighted by molar-refractivity contribution is 6.01. The zero-order chi connectivity index (χ0) is 17.4. The number of nitrogens with two attached hydrogens (primary N) is 1. The van der Waals surface area contributed by atoms with Crippen LogP contribution in [0.2, 0.25) is 0 Å². The zero-order valence-electron chi connectivity index (χ0n) is 13.4. The molecule has 1 aromatic heterocycles. The van der Waals surface area contributed by atoms with Crippen LogP contribution in [0.5, 0.6) is 0 Å². The summed E-state index contributed by atoms with van der Waals surface area (Å²) >= 11 is 0. The van der Waals surface area contributed by atoms with E-state index in [1.807, 2.05) is 30.3 Å². The summed E-state index contributed by atoms with van der Waals surface area (Å²) in [6.45, 7) is 0. The Bertz CT molecular complexity index is 976. The summed E-state index contributed by atoms with van der Waals surface area (Å²) in [5.41, 5.74) is 12.6. The van der Waals surface area contributed by atoms with Crippen LogP contribution < -0.4 is 11.2 Å². The number of fused-ring (bicyclic) bond motifs is 3. The summed E-state index contributed by atoms with van der Waals surface area (Å²) in [6.07, 6.45) is 1.47. The number of nitrogens with one attached hydrogen (secondary N) is 1. The molecule has 0 atom stereocenters. The van der Waals surface area contributed by atoms with Crippen molar-refractivity contribution in [3.8, 4) is 11.3 Å². The highest BCUT2D eigenvalue weighted by atomic mass is 16.2. The van der Waals surface area contributed by atoms with Crippen LogP contribution in [-0.2, 0) is 12.8 Å². The molecule has 1 aliphatic carbocycles. The van der Waals surface area contributed by atoms with Gasteiger partial charge in [0.2, 0.25) is 0 Å². The average molecular weight is 332 g/mol. The van der Waals surface area contributed by atoms with E-state index in [0.717, 1.165) is 28.8 Å². The molecule has 1 aliphatic rings. The Balaban J connectivity index is 1.82. The summed E-state index contributed by atoms with van der Waals surface area (Å²) in [7, 11) is 0. The molecule has 2 amide bonds. The van der Waals surface area contributed by atoms with E-state index in [2.05, 4.69) is 10.5 Å². The maximum Gasteiger partial charge on any atom is 0.271 e.